The fourth-order valence-electron chi connectivity index (χ4n) is 2.39. The lowest BCUT2D eigenvalue weighted by molar-refractivity contribution is -0.153. The molecule has 9 heteroatoms. The molecule has 0 radical (unpaired) electrons. The Labute approximate surface area is 156 Å². The number of nitrogens with zero attached hydrogens (tertiary/aromatic N) is 1. The number of amides is 3. The number of benzene rings is 1. The van der Waals surface area contributed by atoms with Crippen molar-refractivity contribution >= 4 is 23.9 Å². The molecule has 1 aliphatic heterocycles. The predicted octanol–water partition coefficient (Wildman–Crippen LogP) is 0.972. The predicted molar refractivity (Wildman–Crippen MR) is 93.1 cm³/mol. The molecule has 146 valence electrons. The Morgan fingerprint density at radius 3 is 2.41 bits per heavy atom. The van der Waals surface area contributed by atoms with Gasteiger partial charge < -0.3 is 19.5 Å². The molecule has 0 spiro atoms. The molecule has 0 saturated carbocycles. The molecule has 3 amide bonds. The Bertz CT molecular complexity index is 715. The van der Waals surface area contributed by atoms with Gasteiger partial charge in [-0.3, -0.25) is 9.59 Å². The van der Waals surface area contributed by atoms with Gasteiger partial charge in [0.1, 0.15) is 18.4 Å². The lowest BCUT2D eigenvalue weighted by Crippen LogP contribution is -2.46. The van der Waals surface area contributed by atoms with E-state index in [2.05, 4.69) is 10.1 Å². The minimum atomic E-state index is -0.946. The second kappa shape index (κ2) is 9.02. The molecule has 1 heterocycles. The van der Waals surface area contributed by atoms with E-state index in [9.17, 15) is 19.2 Å². The monoisotopic (exact) mass is 378 g/mol. The molecule has 1 aromatic carbocycles. The largest absolute Gasteiger partial charge is 0.497 e. The SMILES string of the molecule is COc1ccc(C(=O)N[C@H](C(=O)OCC(=O)N2CCOC2=O)C(C)C)cc1. The number of rotatable bonds is 7. The van der Waals surface area contributed by atoms with E-state index < -0.39 is 36.5 Å². The number of esters is 1. The molecule has 27 heavy (non-hydrogen) atoms. The molecule has 0 aliphatic carbocycles. The number of hydrogen-bond acceptors (Lipinski definition) is 7. The van der Waals surface area contributed by atoms with Gasteiger partial charge in [-0.15, -0.1) is 0 Å². The Kier molecular flexibility index (Phi) is 6.75. The van der Waals surface area contributed by atoms with E-state index in [1.807, 2.05) is 0 Å². The van der Waals surface area contributed by atoms with Gasteiger partial charge in [-0.2, -0.15) is 0 Å². The number of hydrogen-bond donors (Lipinski definition) is 1. The van der Waals surface area contributed by atoms with Crippen molar-refractivity contribution in [2.24, 2.45) is 5.92 Å². The number of carbonyl (C=O) groups excluding carboxylic acids is 4. The van der Waals surface area contributed by atoms with Crippen LogP contribution >= 0.6 is 0 Å². The van der Waals surface area contributed by atoms with Crippen molar-refractivity contribution in [3.63, 3.8) is 0 Å². The number of nitrogens with one attached hydrogen (secondary N) is 1. The maximum atomic E-state index is 12.4. The highest BCUT2D eigenvalue weighted by molar-refractivity contribution is 5.97. The summed E-state index contributed by atoms with van der Waals surface area (Å²) in [5.41, 5.74) is 0.352. The van der Waals surface area contributed by atoms with Gasteiger partial charge in [0, 0.05) is 5.56 Å². The summed E-state index contributed by atoms with van der Waals surface area (Å²) in [5.74, 6) is -1.55. The van der Waals surface area contributed by atoms with Crippen molar-refractivity contribution in [2.45, 2.75) is 19.9 Å². The van der Waals surface area contributed by atoms with Crippen LogP contribution in [-0.4, -0.2) is 61.7 Å². The van der Waals surface area contributed by atoms with E-state index in [0.717, 1.165) is 4.90 Å². The van der Waals surface area contributed by atoms with E-state index in [4.69, 9.17) is 9.47 Å². The van der Waals surface area contributed by atoms with Crippen LogP contribution in [0.15, 0.2) is 24.3 Å². The van der Waals surface area contributed by atoms with E-state index in [1.54, 1.807) is 38.1 Å². The number of methoxy groups -OCH3 is 1. The van der Waals surface area contributed by atoms with Gasteiger partial charge in [0.15, 0.2) is 6.61 Å². The van der Waals surface area contributed by atoms with Crippen LogP contribution in [0.25, 0.3) is 0 Å². The van der Waals surface area contributed by atoms with Crippen LogP contribution in [0.4, 0.5) is 4.79 Å². The van der Waals surface area contributed by atoms with Crippen molar-refractivity contribution < 1.29 is 33.4 Å². The van der Waals surface area contributed by atoms with Crippen molar-refractivity contribution in [1.29, 1.82) is 0 Å². The smallest absolute Gasteiger partial charge is 0.416 e. The lowest BCUT2D eigenvalue weighted by Gasteiger charge is -2.21. The van der Waals surface area contributed by atoms with Gasteiger partial charge in [-0.25, -0.2) is 14.5 Å². The first-order valence-corrected chi connectivity index (χ1v) is 8.42. The fourth-order valence-corrected chi connectivity index (χ4v) is 2.39. The molecule has 0 bridgehead atoms. The first kappa shape index (κ1) is 20.2. The molecule has 9 nitrogen and oxygen atoms in total. The topological polar surface area (TPSA) is 111 Å². The molecule has 1 aliphatic rings. The summed E-state index contributed by atoms with van der Waals surface area (Å²) in [7, 11) is 1.52. The van der Waals surface area contributed by atoms with Gasteiger partial charge in [0.2, 0.25) is 0 Å². The number of cyclic esters (lactones) is 1. The first-order chi connectivity index (χ1) is 12.8. The average molecular weight is 378 g/mol. The molecule has 1 saturated heterocycles. The van der Waals surface area contributed by atoms with Gasteiger partial charge in [0.05, 0.1) is 13.7 Å². The summed E-state index contributed by atoms with van der Waals surface area (Å²) in [5, 5.41) is 2.60. The lowest BCUT2D eigenvalue weighted by atomic mass is 10.0. The van der Waals surface area contributed by atoms with E-state index in [0.29, 0.717) is 11.3 Å². The number of ether oxygens (including phenoxy) is 3. The van der Waals surface area contributed by atoms with E-state index in [1.165, 1.54) is 7.11 Å². The van der Waals surface area contributed by atoms with Gasteiger partial charge in [0.25, 0.3) is 11.8 Å². The van der Waals surface area contributed by atoms with Crippen molar-refractivity contribution in [2.75, 3.05) is 26.9 Å². The summed E-state index contributed by atoms with van der Waals surface area (Å²) in [6, 6.07) is 5.45. The van der Waals surface area contributed by atoms with Crippen LogP contribution in [-0.2, 0) is 19.1 Å². The third-order valence-corrected chi connectivity index (χ3v) is 3.96. The van der Waals surface area contributed by atoms with Crippen LogP contribution in [0, 0.1) is 5.92 Å². The van der Waals surface area contributed by atoms with Gasteiger partial charge >= 0.3 is 12.1 Å². The quantitative estimate of drug-likeness (QED) is 0.704. The zero-order valence-electron chi connectivity index (χ0n) is 15.4. The standard InChI is InChI=1S/C18H22N2O7/c1-11(2)15(19-16(22)12-4-6-13(25-3)7-5-12)17(23)27-10-14(21)20-8-9-26-18(20)24/h4-7,11,15H,8-10H2,1-3H3,(H,19,22)/t15-/m0/s1. The Morgan fingerprint density at radius 2 is 1.89 bits per heavy atom. The molecule has 1 aromatic rings. The zero-order valence-corrected chi connectivity index (χ0v) is 15.4. The second-order valence-corrected chi connectivity index (χ2v) is 6.19. The van der Waals surface area contributed by atoms with Crippen LogP contribution in [0.1, 0.15) is 24.2 Å². The molecule has 2 rings (SSSR count). The molecular weight excluding hydrogens is 356 g/mol. The fraction of sp³-hybridized carbons (Fsp3) is 0.444. The summed E-state index contributed by atoms with van der Waals surface area (Å²) < 4.78 is 14.7. The minimum Gasteiger partial charge on any atom is -0.497 e. The van der Waals surface area contributed by atoms with Crippen molar-refractivity contribution in [3.05, 3.63) is 29.8 Å². The van der Waals surface area contributed by atoms with E-state index in [-0.39, 0.29) is 19.1 Å². The first-order valence-electron chi connectivity index (χ1n) is 8.42. The molecular formula is C18H22N2O7. The number of carbonyl (C=O) groups is 4. The van der Waals surface area contributed by atoms with E-state index >= 15 is 0 Å². The summed E-state index contributed by atoms with van der Waals surface area (Å²) in [6.07, 6.45) is -0.760. The molecule has 0 unspecified atom stereocenters. The number of imide groups is 1. The molecule has 0 aromatic heterocycles. The van der Waals surface area contributed by atoms with Crippen molar-refractivity contribution in [3.8, 4) is 5.75 Å². The Morgan fingerprint density at radius 1 is 1.22 bits per heavy atom. The summed E-state index contributed by atoms with van der Waals surface area (Å²) >= 11 is 0. The van der Waals surface area contributed by atoms with Gasteiger partial charge in [-0.1, -0.05) is 13.8 Å². The summed E-state index contributed by atoms with van der Waals surface area (Å²) in [6.45, 7) is 3.11. The zero-order chi connectivity index (χ0) is 20.0. The Hall–Kier alpha value is -3.10. The highest BCUT2D eigenvalue weighted by Gasteiger charge is 2.31. The molecule has 1 atom stereocenters. The third-order valence-electron chi connectivity index (χ3n) is 3.96. The average Bonchev–Trinajstić information content (AvgIpc) is 3.09. The van der Waals surface area contributed by atoms with Gasteiger partial charge in [-0.05, 0) is 30.2 Å². The van der Waals surface area contributed by atoms with Crippen LogP contribution < -0.4 is 10.1 Å². The molecule has 1 N–H and O–H groups in total. The third kappa shape index (κ3) is 5.19. The van der Waals surface area contributed by atoms with Crippen LogP contribution in [0.2, 0.25) is 0 Å². The molecule has 1 fully saturated rings. The van der Waals surface area contributed by atoms with Crippen LogP contribution in [0.3, 0.4) is 0 Å². The van der Waals surface area contributed by atoms with Crippen LogP contribution in [0.5, 0.6) is 5.75 Å². The Balaban J connectivity index is 1.94. The summed E-state index contributed by atoms with van der Waals surface area (Å²) in [4.78, 5) is 48.8. The maximum Gasteiger partial charge on any atom is 0.416 e. The highest BCUT2D eigenvalue weighted by Crippen LogP contribution is 2.13. The normalized spacial score (nSPS) is 14.5. The minimum absolute atomic E-state index is 0.116. The maximum absolute atomic E-state index is 12.4. The highest BCUT2D eigenvalue weighted by atomic mass is 16.6. The van der Waals surface area contributed by atoms with Crippen molar-refractivity contribution in [1.82, 2.24) is 10.2 Å². The second-order valence-electron chi connectivity index (χ2n) is 6.19.